The van der Waals surface area contributed by atoms with E-state index in [-0.39, 0.29) is 18.2 Å². The summed E-state index contributed by atoms with van der Waals surface area (Å²) in [6.07, 6.45) is 5.03. The molecule has 0 aliphatic carbocycles. The zero-order valence-electron chi connectivity index (χ0n) is 15.7. The number of carbonyl (C=O) groups is 2. The first-order chi connectivity index (χ1) is 13.5. The highest BCUT2D eigenvalue weighted by Crippen LogP contribution is 2.18. The molecule has 0 radical (unpaired) electrons. The van der Waals surface area contributed by atoms with E-state index in [2.05, 4.69) is 17.1 Å². The summed E-state index contributed by atoms with van der Waals surface area (Å²) in [5, 5.41) is 20.2. The molecule has 0 spiro atoms. The predicted molar refractivity (Wildman–Crippen MR) is 98.8 cm³/mol. The second kappa shape index (κ2) is 8.68. The monoisotopic (exact) mass is 382 g/mol. The molecule has 146 valence electrons. The van der Waals surface area contributed by atoms with Crippen LogP contribution in [0.3, 0.4) is 0 Å². The fourth-order valence-electron chi connectivity index (χ4n) is 3.66. The number of carbonyl (C=O) groups excluding carboxylic acids is 2. The van der Waals surface area contributed by atoms with Gasteiger partial charge >= 0.3 is 0 Å². The number of hydrogen-bond donors (Lipinski definition) is 1. The number of nitrogens with two attached hydrogens (primary N) is 1. The molecule has 2 aliphatic rings. The van der Waals surface area contributed by atoms with Crippen molar-refractivity contribution in [1.82, 2.24) is 9.80 Å². The Kier molecular flexibility index (Phi) is 6.07. The molecule has 2 saturated heterocycles. The average molecular weight is 382 g/mol. The van der Waals surface area contributed by atoms with Crippen molar-refractivity contribution < 1.29 is 14.3 Å². The van der Waals surface area contributed by atoms with E-state index in [4.69, 9.17) is 16.3 Å². The van der Waals surface area contributed by atoms with Gasteiger partial charge in [0, 0.05) is 25.7 Å². The standard InChI is InChI=1S/C19H24N7O2/c20-12-15-3-1-5-25(14-15)24-9-7-23(8-10-24)18(27)11-17(22)19(28)26-6-2-4-16(26)13-21/h1,3,5,14,16-17H,2,4,6-11,22H2/q+1/t16-,17-/m0/s1. The molecule has 2 fully saturated rings. The molecule has 1 aromatic heterocycles. The van der Waals surface area contributed by atoms with Crippen molar-refractivity contribution in [3.63, 3.8) is 0 Å². The lowest BCUT2D eigenvalue weighted by molar-refractivity contribution is -0.694. The Labute approximate surface area is 164 Å². The van der Waals surface area contributed by atoms with Gasteiger partial charge in [-0.3, -0.25) is 9.59 Å². The SMILES string of the molecule is N#Cc1ccc[n+](N2CCN(C(=O)C[C@H](N)C(=O)N3CCC[C@H]3C#N)CC2)c1. The number of aromatic nitrogens is 1. The van der Waals surface area contributed by atoms with Crippen molar-refractivity contribution in [2.75, 3.05) is 37.7 Å². The van der Waals surface area contributed by atoms with Crippen molar-refractivity contribution in [3.8, 4) is 12.1 Å². The summed E-state index contributed by atoms with van der Waals surface area (Å²) in [5.74, 6) is -0.469. The van der Waals surface area contributed by atoms with Crippen molar-refractivity contribution in [1.29, 1.82) is 10.5 Å². The highest BCUT2D eigenvalue weighted by Gasteiger charge is 2.34. The van der Waals surface area contributed by atoms with E-state index in [0.29, 0.717) is 44.7 Å². The summed E-state index contributed by atoms with van der Waals surface area (Å²) in [6.45, 7) is 2.81. The first-order valence-electron chi connectivity index (χ1n) is 9.43. The maximum absolute atomic E-state index is 12.6. The molecule has 2 N–H and O–H groups in total. The van der Waals surface area contributed by atoms with E-state index in [0.717, 1.165) is 6.42 Å². The van der Waals surface area contributed by atoms with Crippen LogP contribution in [0.2, 0.25) is 0 Å². The zero-order valence-corrected chi connectivity index (χ0v) is 15.7. The first-order valence-corrected chi connectivity index (χ1v) is 9.43. The maximum Gasteiger partial charge on any atom is 0.241 e. The molecule has 9 nitrogen and oxygen atoms in total. The third-order valence-corrected chi connectivity index (χ3v) is 5.25. The van der Waals surface area contributed by atoms with Crippen LogP contribution in [0.1, 0.15) is 24.8 Å². The van der Waals surface area contributed by atoms with Gasteiger partial charge in [0.1, 0.15) is 17.7 Å². The van der Waals surface area contributed by atoms with Crippen LogP contribution in [0.5, 0.6) is 0 Å². The zero-order chi connectivity index (χ0) is 20.1. The van der Waals surface area contributed by atoms with Crippen molar-refractivity contribution in [3.05, 3.63) is 30.1 Å². The van der Waals surface area contributed by atoms with Gasteiger partial charge in [0.25, 0.3) is 0 Å². The minimum Gasteiger partial charge on any atom is -0.339 e. The summed E-state index contributed by atoms with van der Waals surface area (Å²) < 4.78 is 1.87. The van der Waals surface area contributed by atoms with Gasteiger partial charge in [0.15, 0.2) is 6.20 Å². The summed E-state index contributed by atoms with van der Waals surface area (Å²) in [7, 11) is 0. The first kappa shape index (κ1) is 19.6. The molecule has 0 unspecified atom stereocenters. The van der Waals surface area contributed by atoms with E-state index in [1.165, 1.54) is 4.90 Å². The number of nitrogens with zero attached hydrogens (tertiary/aromatic N) is 6. The Hall–Kier alpha value is -3.17. The highest BCUT2D eigenvalue weighted by molar-refractivity contribution is 5.88. The molecule has 0 saturated carbocycles. The van der Waals surface area contributed by atoms with Gasteiger partial charge in [-0.2, -0.15) is 15.5 Å². The number of nitriles is 2. The van der Waals surface area contributed by atoms with E-state index >= 15 is 0 Å². The molecule has 3 rings (SSSR count). The molecule has 2 atom stereocenters. The van der Waals surface area contributed by atoms with E-state index < -0.39 is 12.1 Å². The lowest BCUT2D eigenvalue weighted by Gasteiger charge is -2.32. The smallest absolute Gasteiger partial charge is 0.241 e. The van der Waals surface area contributed by atoms with Crippen LogP contribution in [-0.2, 0) is 9.59 Å². The Morgan fingerprint density at radius 3 is 2.68 bits per heavy atom. The van der Waals surface area contributed by atoms with Gasteiger partial charge in [-0.05, 0) is 18.9 Å². The Morgan fingerprint density at radius 2 is 2.00 bits per heavy atom. The summed E-state index contributed by atoms with van der Waals surface area (Å²) >= 11 is 0. The number of pyridine rings is 1. The molecular weight excluding hydrogens is 358 g/mol. The van der Waals surface area contributed by atoms with E-state index in [1.807, 2.05) is 16.9 Å². The van der Waals surface area contributed by atoms with Crippen LogP contribution in [-0.4, -0.2) is 66.4 Å². The van der Waals surface area contributed by atoms with Gasteiger partial charge in [-0.25, -0.2) is 0 Å². The van der Waals surface area contributed by atoms with Crippen LogP contribution in [0, 0.1) is 22.7 Å². The van der Waals surface area contributed by atoms with Gasteiger partial charge < -0.3 is 15.5 Å². The van der Waals surface area contributed by atoms with Crippen LogP contribution >= 0.6 is 0 Å². The molecule has 3 heterocycles. The van der Waals surface area contributed by atoms with E-state index in [9.17, 15) is 9.59 Å². The minimum absolute atomic E-state index is 0.0510. The minimum atomic E-state index is -0.916. The Morgan fingerprint density at radius 1 is 1.25 bits per heavy atom. The summed E-state index contributed by atoms with van der Waals surface area (Å²) in [5.41, 5.74) is 6.55. The van der Waals surface area contributed by atoms with Crippen LogP contribution in [0.15, 0.2) is 24.5 Å². The number of hydrogen-bond acceptors (Lipinski definition) is 6. The maximum atomic E-state index is 12.6. The van der Waals surface area contributed by atoms with Gasteiger partial charge in [0.2, 0.25) is 18.0 Å². The topological polar surface area (TPSA) is 121 Å². The molecule has 2 amide bonds. The lowest BCUT2D eigenvalue weighted by Crippen LogP contribution is -2.65. The van der Waals surface area contributed by atoms with Crippen molar-refractivity contribution >= 4 is 11.8 Å². The van der Waals surface area contributed by atoms with Crippen LogP contribution in [0.4, 0.5) is 0 Å². The molecular formula is C19H24N7O2+. The Bertz CT molecular complexity index is 820. The van der Waals surface area contributed by atoms with Crippen LogP contribution in [0.25, 0.3) is 0 Å². The lowest BCUT2D eigenvalue weighted by atomic mass is 10.1. The van der Waals surface area contributed by atoms with Crippen LogP contribution < -0.4 is 15.4 Å². The molecule has 1 aromatic rings. The van der Waals surface area contributed by atoms with Gasteiger partial charge in [-0.15, -0.1) is 0 Å². The average Bonchev–Trinajstić information content (AvgIpc) is 3.22. The summed E-state index contributed by atoms with van der Waals surface area (Å²) in [4.78, 5) is 28.2. The number of piperazine rings is 1. The molecule has 0 aromatic carbocycles. The summed E-state index contributed by atoms with van der Waals surface area (Å²) in [6, 6.07) is 6.44. The quantitative estimate of drug-likeness (QED) is 0.657. The van der Waals surface area contributed by atoms with Crippen molar-refractivity contribution in [2.45, 2.75) is 31.3 Å². The fraction of sp³-hybridized carbons (Fsp3) is 0.526. The molecule has 2 aliphatic heterocycles. The number of amides is 2. The molecule has 0 bridgehead atoms. The fourth-order valence-corrected chi connectivity index (χ4v) is 3.66. The third-order valence-electron chi connectivity index (χ3n) is 5.25. The molecule has 9 heteroatoms. The van der Waals surface area contributed by atoms with Gasteiger partial charge in [-0.1, -0.05) is 4.68 Å². The predicted octanol–water partition coefficient (Wildman–Crippen LogP) is -1.14. The second-order valence-corrected chi connectivity index (χ2v) is 7.05. The Balaban J connectivity index is 1.51. The van der Waals surface area contributed by atoms with E-state index in [1.54, 1.807) is 17.2 Å². The second-order valence-electron chi connectivity index (χ2n) is 7.05. The normalized spacial score (nSPS) is 20.4. The number of rotatable bonds is 4. The van der Waals surface area contributed by atoms with Gasteiger partial charge in [0.05, 0.1) is 31.6 Å². The third kappa shape index (κ3) is 4.21. The largest absolute Gasteiger partial charge is 0.339 e. The van der Waals surface area contributed by atoms with Crippen molar-refractivity contribution in [2.24, 2.45) is 5.73 Å². The number of likely N-dealkylation sites (tertiary alicyclic amines) is 1. The highest BCUT2D eigenvalue weighted by atomic mass is 16.2. The molecule has 28 heavy (non-hydrogen) atoms.